The minimum absolute atomic E-state index is 0.0156. The van der Waals surface area contributed by atoms with Gasteiger partial charge in [-0.15, -0.1) is 11.8 Å². The van der Waals surface area contributed by atoms with Crippen molar-refractivity contribution in [3.63, 3.8) is 0 Å². The van der Waals surface area contributed by atoms with Gasteiger partial charge in [-0.05, 0) is 50.7 Å². The Bertz CT molecular complexity index is 870. The van der Waals surface area contributed by atoms with Gasteiger partial charge in [-0.2, -0.15) is 0 Å². The lowest BCUT2D eigenvalue weighted by atomic mass is 9.94. The first-order valence-corrected chi connectivity index (χ1v) is 14.6. The quantitative estimate of drug-likeness (QED) is 0.526. The summed E-state index contributed by atoms with van der Waals surface area (Å²) >= 11 is 1.47. The van der Waals surface area contributed by atoms with Gasteiger partial charge in [-0.3, -0.25) is 14.4 Å². The average Bonchev–Trinajstić information content (AvgIpc) is 3.21. The summed E-state index contributed by atoms with van der Waals surface area (Å²) in [4.78, 5) is 46.0. The number of benzene rings is 1. The van der Waals surface area contributed by atoms with Crippen molar-refractivity contribution in [1.82, 2.24) is 14.7 Å². The smallest absolute Gasteiger partial charge is 0.254 e. The van der Waals surface area contributed by atoms with E-state index in [1.807, 2.05) is 41.1 Å². The van der Waals surface area contributed by atoms with Gasteiger partial charge in [0, 0.05) is 50.1 Å². The summed E-state index contributed by atoms with van der Waals surface area (Å²) < 4.78 is 0. The van der Waals surface area contributed by atoms with Crippen LogP contribution >= 0.6 is 11.8 Å². The zero-order chi connectivity index (χ0) is 24.6. The van der Waals surface area contributed by atoms with Crippen molar-refractivity contribution in [2.24, 2.45) is 5.92 Å². The van der Waals surface area contributed by atoms with Crippen molar-refractivity contribution in [1.29, 1.82) is 0 Å². The fourth-order valence-electron chi connectivity index (χ4n) is 5.73. The van der Waals surface area contributed by atoms with Crippen molar-refractivity contribution in [2.45, 2.75) is 81.6 Å². The Hall–Kier alpha value is -2.02. The van der Waals surface area contributed by atoms with E-state index >= 15 is 0 Å². The first kappa shape index (κ1) is 26.1. The lowest BCUT2D eigenvalue weighted by molar-refractivity contribution is -0.136. The van der Waals surface area contributed by atoms with E-state index in [1.165, 1.54) is 43.9 Å². The lowest BCUT2D eigenvalue weighted by Crippen LogP contribution is -2.44. The average molecular weight is 500 g/mol. The van der Waals surface area contributed by atoms with Crippen molar-refractivity contribution >= 4 is 29.5 Å². The number of hydrogen-bond acceptors (Lipinski definition) is 4. The van der Waals surface area contributed by atoms with Crippen molar-refractivity contribution < 1.29 is 14.4 Å². The van der Waals surface area contributed by atoms with Crippen LogP contribution in [-0.2, 0) is 9.59 Å². The number of carbonyl (C=O) groups excluding carboxylic acids is 3. The number of thioether (sulfide) groups is 1. The molecule has 0 radical (unpaired) electrons. The molecule has 3 aliphatic rings. The predicted octanol–water partition coefficient (Wildman–Crippen LogP) is 4.82. The van der Waals surface area contributed by atoms with E-state index in [0.29, 0.717) is 30.4 Å². The molecule has 2 aliphatic heterocycles. The highest BCUT2D eigenvalue weighted by atomic mass is 32.2. The highest BCUT2D eigenvalue weighted by Gasteiger charge is 2.31. The van der Waals surface area contributed by atoms with Crippen LogP contribution in [0.25, 0.3) is 0 Å². The highest BCUT2D eigenvalue weighted by Crippen LogP contribution is 2.28. The molecule has 0 spiro atoms. The highest BCUT2D eigenvalue weighted by molar-refractivity contribution is 8.00. The molecule has 0 unspecified atom stereocenters. The number of carbonyl (C=O) groups is 3. The maximum absolute atomic E-state index is 13.4. The number of likely N-dealkylation sites (tertiary alicyclic amines) is 2. The molecule has 0 atom stereocenters. The normalized spacial score (nSPS) is 20.4. The molecule has 1 aromatic carbocycles. The second-order valence-electron chi connectivity index (χ2n) is 10.4. The van der Waals surface area contributed by atoms with Crippen LogP contribution in [0.5, 0.6) is 0 Å². The summed E-state index contributed by atoms with van der Waals surface area (Å²) in [7, 11) is 1.92. The molecule has 2 heterocycles. The summed E-state index contributed by atoms with van der Waals surface area (Å²) in [5, 5.41) is 0. The van der Waals surface area contributed by atoms with Gasteiger partial charge >= 0.3 is 0 Å². The number of hydrogen-bond donors (Lipinski definition) is 0. The fraction of sp³-hybridized carbons (Fsp3) is 0.679. The summed E-state index contributed by atoms with van der Waals surface area (Å²) in [6.07, 6.45) is 12.0. The molecule has 0 aromatic heterocycles. The van der Waals surface area contributed by atoms with Crippen LogP contribution in [-0.4, -0.2) is 77.4 Å². The molecule has 7 heteroatoms. The first-order valence-electron chi connectivity index (χ1n) is 13.6. The molecule has 3 amide bonds. The van der Waals surface area contributed by atoms with Crippen LogP contribution in [0.3, 0.4) is 0 Å². The van der Waals surface area contributed by atoms with Gasteiger partial charge in [0.15, 0.2) is 0 Å². The van der Waals surface area contributed by atoms with Gasteiger partial charge in [0.1, 0.15) is 0 Å². The third-order valence-corrected chi connectivity index (χ3v) is 9.09. The predicted molar refractivity (Wildman–Crippen MR) is 140 cm³/mol. The van der Waals surface area contributed by atoms with E-state index in [9.17, 15) is 14.4 Å². The van der Waals surface area contributed by atoms with Crippen LogP contribution in [0.2, 0.25) is 0 Å². The monoisotopic (exact) mass is 499 g/mol. The van der Waals surface area contributed by atoms with Crippen LogP contribution in [0.4, 0.5) is 0 Å². The van der Waals surface area contributed by atoms with Gasteiger partial charge < -0.3 is 14.7 Å². The van der Waals surface area contributed by atoms with Crippen molar-refractivity contribution in [3.8, 4) is 0 Å². The fourth-order valence-corrected chi connectivity index (χ4v) is 6.70. The summed E-state index contributed by atoms with van der Waals surface area (Å²) in [6, 6.07) is 7.99. The molecule has 3 fully saturated rings. The van der Waals surface area contributed by atoms with E-state index < -0.39 is 0 Å². The lowest BCUT2D eigenvalue weighted by Gasteiger charge is -2.34. The largest absolute Gasteiger partial charge is 0.342 e. The van der Waals surface area contributed by atoms with Crippen LogP contribution < -0.4 is 0 Å². The molecular formula is C28H41N3O3S. The van der Waals surface area contributed by atoms with Gasteiger partial charge in [0.25, 0.3) is 5.91 Å². The molecule has 35 heavy (non-hydrogen) atoms. The van der Waals surface area contributed by atoms with Crippen LogP contribution in [0, 0.1) is 5.92 Å². The molecule has 1 aliphatic carbocycles. The molecule has 2 saturated heterocycles. The number of piperidine rings is 1. The minimum Gasteiger partial charge on any atom is -0.342 e. The summed E-state index contributed by atoms with van der Waals surface area (Å²) in [6.45, 7) is 3.01. The Balaban J connectivity index is 1.30. The Labute approximate surface area is 214 Å². The zero-order valence-corrected chi connectivity index (χ0v) is 22.1. The third kappa shape index (κ3) is 6.81. The maximum atomic E-state index is 13.4. The molecule has 0 bridgehead atoms. The Morgan fingerprint density at radius 2 is 1.46 bits per heavy atom. The van der Waals surface area contributed by atoms with Crippen LogP contribution in [0.15, 0.2) is 29.2 Å². The van der Waals surface area contributed by atoms with E-state index in [0.717, 1.165) is 56.5 Å². The Kier molecular flexibility index (Phi) is 9.52. The SMILES string of the molecule is CN(C(=O)CSc1ccccc1C(=O)N1CCC(C(=O)N2CCCCCC2)CC1)C1CCCCC1. The van der Waals surface area contributed by atoms with Crippen LogP contribution in [0.1, 0.15) is 81.0 Å². The number of amides is 3. The van der Waals surface area contributed by atoms with Gasteiger partial charge in [0.05, 0.1) is 11.3 Å². The van der Waals surface area contributed by atoms with E-state index in [4.69, 9.17) is 0 Å². The summed E-state index contributed by atoms with van der Waals surface area (Å²) in [5.41, 5.74) is 0.669. The summed E-state index contributed by atoms with van der Waals surface area (Å²) in [5.74, 6) is 0.827. The minimum atomic E-state index is 0.0156. The van der Waals surface area contributed by atoms with Gasteiger partial charge in [-0.1, -0.05) is 44.2 Å². The van der Waals surface area contributed by atoms with E-state index in [1.54, 1.807) is 0 Å². The first-order chi connectivity index (χ1) is 17.0. The van der Waals surface area contributed by atoms with Gasteiger partial charge in [0.2, 0.25) is 11.8 Å². The van der Waals surface area contributed by atoms with Gasteiger partial charge in [-0.25, -0.2) is 0 Å². The van der Waals surface area contributed by atoms with Crippen molar-refractivity contribution in [3.05, 3.63) is 29.8 Å². The second kappa shape index (κ2) is 12.8. The van der Waals surface area contributed by atoms with E-state index in [-0.39, 0.29) is 23.6 Å². The Morgan fingerprint density at radius 1 is 0.829 bits per heavy atom. The molecule has 0 N–H and O–H groups in total. The Morgan fingerprint density at radius 3 is 2.14 bits per heavy atom. The molecule has 1 saturated carbocycles. The molecule has 4 rings (SSSR count). The maximum Gasteiger partial charge on any atom is 0.254 e. The number of nitrogens with zero attached hydrogens (tertiary/aromatic N) is 3. The third-order valence-electron chi connectivity index (χ3n) is 8.03. The van der Waals surface area contributed by atoms with Crippen molar-refractivity contribution in [2.75, 3.05) is 39.0 Å². The number of rotatable bonds is 6. The molecule has 6 nitrogen and oxygen atoms in total. The molecule has 1 aromatic rings. The zero-order valence-electron chi connectivity index (χ0n) is 21.3. The standard InChI is InChI=1S/C28H41N3O3S/c1-29(23-11-5-4-6-12-23)26(32)21-35-25-14-8-7-13-24(25)28(34)31-19-15-22(16-20-31)27(33)30-17-9-2-3-10-18-30/h7-8,13-14,22-23H,2-6,9-12,15-21H2,1H3. The molecular weight excluding hydrogens is 458 g/mol. The molecule has 192 valence electrons. The topological polar surface area (TPSA) is 60.9 Å². The van der Waals surface area contributed by atoms with E-state index in [2.05, 4.69) is 4.90 Å². The second-order valence-corrected chi connectivity index (χ2v) is 11.4.